The van der Waals surface area contributed by atoms with E-state index >= 15 is 0 Å². The number of nitrogens with one attached hydrogen (secondary N) is 1. The van der Waals surface area contributed by atoms with Gasteiger partial charge in [0.05, 0.1) is 0 Å². The lowest BCUT2D eigenvalue weighted by atomic mass is 10.1. The maximum Gasteiger partial charge on any atom is 0.148 e. The summed E-state index contributed by atoms with van der Waals surface area (Å²) in [6.45, 7) is 10.6. The van der Waals surface area contributed by atoms with Crippen LogP contribution in [0, 0.1) is 6.92 Å². The van der Waals surface area contributed by atoms with Gasteiger partial charge in [0.1, 0.15) is 17.5 Å². The molecule has 19 heavy (non-hydrogen) atoms. The van der Waals surface area contributed by atoms with E-state index in [1.807, 2.05) is 6.92 Å². The Labute approximate surface area is 116 Å². The SMILES string of the molecule is CCCC(C)N(C)c1nc(C(C)C)nc(NN)c1C. The Bertz CT molecular complexity index is 417. The van der Waals surface area contributed by atoms with E-state index in [-0.39, 0.29) is 5.92 Å². The molecule has 0 aromatic carbocycles. The summed E-state index contributed by atoms with van der Waals surface area (Å²) in [5.41, 5.74) is 3.68. The van der Waals surface area contributed by atoms with Gasteiger partial charge in [0, 0.05) is 24.6 Å². The molecule has 5 heteroatoms. The van der Waals surface area contributed by atoms with E-state index < -0.39 is 0 Å². The molecule has 0 saturated carbocycles. The first kappa shape index (κ1) is 15.7. The van der Waals surface area contributed by atoms with Crippen molar-refractivity contribution in [2.75, 3.05) is 17.4 Å². The minimum Gasteiger partial charge on any atom is -0.357 e. The van der Waals surface area contributed by atoms with Crippen molar-refractivity contribution in [3.05, 3.63) is 11.4 Å². The molecule has 0 spiro atoms. The highest BCUT2D eigenvalue weighted by atomic mass is 15.3. The van der Waals surface area contributed by atoms with Crippen molar-refractivity contribution in [1.29, 1.82) is 0 Å². The smallest absolute Gasteiger partial charge is 0.148 e. The van der Waals surface area contributed by atoms with E-state index in [0.717, 1.165) is 30.0 Å². The van der Waals surface area contributed by atoms with Crippen LogP contribution < -0.4 is 16.2 Å². The molecule has 0 aliphatic heterocycles. The molecule has 1 aromatic rings. The molecule has 0 radical (unpaired) electrons. The Balaban J connectivity index is 3.21. The van der Waals surface area contributed by atoms with Crippen LogP contribution >= 0.6 is 0 Å². The first-order valence-electron chi connectivity index (χ1n) is 7.00. The van der Waals surface area contributed by atoms with Gasteiger partial charge >= 0.3 is 0 Å². The molecule has 0 aliphatic rings. The Morgan fingerprint density at radius 1 is 1.26 bits per heavy atom. The van der Waals surface area contributed by atoms with Gasteiger partial charge in [-0.2, -0.15) is 0 Å². The van der Waals surface area contributed by atoms with Gasteiger partial charge in [-0.1, -0.05) is 27.2 Å². The molecule has 0 aliphatic carbocycles. The van der Waals surface area contributed by atoms with Crippen LogP contribution in [0.5, 0.6) is 0 Å². The fraction of sp³-hybridized carbons (Fsp3) is 0.714. The molecule has 0 amide bonds. The predicted octanol–water partition coefficient (Wildman–Crippen LogP) is 2.82. The van der Waals surface area contributed by atoms with Crippen LogP contribution in [0.15, 0.2) is 0 Å². The number of hydrogen-bond donors (Lipinski definition) is 2. The monoisotopic (exact) mass is 265 g/mol. The molecule has 0 bridgehead atoms. The number of rotatable bonds is 6. The average Bonchev–Trinajstić information content (AvgIpc) is 2.38. The Morgan fingerprint density at radius 3 is 2.37 bits per heavy atom. The van der Waals surface area contributed by atoms with E-state index in [1.165, 1.54) is 0 Å². The van der Waals surface area contributed by atoms with Gasteiger partial charge < -0.3 is 10.3 Å². The van der Waals surface area contributed by atoms with Crippen molar-refractivity contribution in [2.45, 2.75) is 59.4 Å². The number of aromatic nitrogens is 2. The minimum atomic E-state index is 0.279. The van der Waals surface area contributed by atoms with Crippen LogP contribution in [0.4, 0.5) is 11.6 Å². The molecule has 1 aromatic heterocycles. The van der Waals surface area contributed by atoms with Gasteiger partial charge in [0.2, 0.25) is 0 Å². The largest absolute Gasteiger partial charge is 0.357 e. The van der Waals surface area contributed by atoms with Gasteiger partial charge in [-0.3, -0.25) is 0 Å². The van der Waals surface area contributed by atoms with Crippen LogP contribution in [-0.2, 0) is 0 Å². The average molecular weight is 265 g/mol. The zero-order valence-electron chi connectivity index (χ0n) is 13.0. The van der Waals surface area contributed by atoms with E-state index in [4.69, 9.17) is 10.8 Å². The van der Waals surface area contributed by atoms with Crippen LogP contribution in [0.25, 0.3) is 0 Å². The number of nitrogen functional groups attached to an aromatic ring is 1. The maximum atomic E-state index is 5.56. The lowest BCUT2D eigenvalue weighted by Gasteiger charge is -2.28. The van der Waals surface area contributed by atoms with E-state index in [2.05, 4.69) is 50.1 Å². The molecule has 108 valence electrons. The van der Waals surface area contributed by atoms with Crippen molar-refractivity contribution in [3.8, 4) is 0 Å². The number of anilines is 2. The Morgan fingerprint density at radius 2 is 1.89 bits per heavy atom. The highest BCUT2D eigenvalue weighted by Crippen LogP contribution is 2.26. The summed E-state index contributed by atoms with van der Waals surface area (Å²) in [5, 5.41) is 0. The topological polar surface area (TPSA) is 67.1 Å². The normalized spacial score (nSPS) is 12.6. The number of nitrogens with two attached hydrogens (primary N) is 1. The quantitative estimate of drug-likeness (QED) is 0.611. The zero-order chi connectivity index (χ0) is 14.6. The molecule has 5 nitrogen and oxygen atoms in total. The van der Waals surface area contributed by atoms with E-state index in [1.54, 1.807) is 0 Å². The van der Waals surface area contributed by atoms with Crippen molar-refractivity contribution >= 4 is 11.6 Å². The van der Waals surface area contributed by atoms with Crippen molar-refractivity contribution in [1.82, 2.24) is 9.97 Å². The second-order valence-corrected chi connectivity index (χ2v) is 5.43. The van der Waals surface area contributed by atoms with E-state index in [9.17, 15) is 0 Å². The standard InChI is InChI=1S/C14H27N5/c1-7-8-10(4)19(6)14-11(5)13(18-15)16-12(17-14)9(2)3/h9-10H,7-8,15H2,1-6H3,(H,16,17,18). The second kappa shape index (κ2) is 6.70. The third-order valence-electron chi connectivity index (χ3n) is 3.49. The molecular weight excluding hydrogens is 238 g/mol. The fourth-order valence-electron chi connectivity index (χ4n) is 2.08. The molecule has 1 rings (SSSR count). The second-order valence-electron chi connectivity index (χ2n) is 5.43. The molecular formula is C14H27N5. The third-order valence-corrected chi connectivity index (χ3v) is 3.49. The summed E-state index contributed by atoms with van der Waals surface area (Å²) in [7, 11) is 2.08. The third kappa shape index (κ3) is 3.56. The fourth-order valence-corrected chi connectivity index (χ4v) is 2.08. The number of hydrazine groups is 1. The molecule has 0 saturated heterocycles. The van der Waals surface area contributed by atoms with Crippen LogP contribution in [0.3, 0.4) is 0 Å². The van der Waals surface area contributed by atoms with Crippen LogP contribution in [-0.4, -0.2) is 23.1 Å². The highest BCUT2D eigenvalue weighted by Gasteiger charge is 2.18. The van der Waals surface area contributed by atoms with Gasteiger partial charge in [-0.05, 0) is 20.3 Å². The van der Waals surface area contributed by atoms with E-state index in [0.29, 0.717) is 11.9 Å². The summed E-state index contributed by atoms with van der Waals surface area (Å²) in [6.07, 6.45) is 2.30. The van der Waals surface area contributed by atoms with Crippen molar-refractivity contribution < 1.29 is 0 Å². The van der Waals surface area contributed by atoms with Gasteiger partial charge in [0.15, 0.2) is 0 Å². The summed E-state index contributed by atoms with van der Waals surface area (Å²) in [4.78, 5) is 11.4. The molecule has 0 fully saturated rings. The first-order valence-corrected chi connectivity index (χ1v) is 7.00. The summed E-state index contributed by atoms with van der Waals surface area (Å²) >= 11 is 0. The summed E-state index contributed by atoms with van der Waals surface area (Å²) < 4.78 is 0. The summed E-state index contributed by atoms with van der Waals surface area (Å²) in [5.74, 6) is 8.34. The molecule has 3 N–H and O–H groups in total. The number of nitrogens with zero attached hydrogens (tertiary/aromatic N) is 3. The number of hydrogen-bond acceptors (Lipinski definition) is 5. The van der Waals surface area contributed by atoms with Crippen LogP contribution in [0.1, 0.15) is 57.8 Å². The summed E-state index contributed by atoms with van der Waals surface area (Å²) in [6, 6.07) is 0.448. The lowest BCUT2D eigenvalue weighted by Crippen LogP contribution is -2.31. The van der Waals surface area contributed by atoms with Crippen molar-refractivity contribution in [2.24, 2.45) is 5.84 Å². The Kier molecular flexibility index (Phi) is 5.54. The van der Waals surface area contributed by atoms with Gasteiger partial charge in [-0.15, -0.1) is 0 Å². The molecule has 1 heterocycles. The highest BCUT2D eigenvalue weighted by molar-refractivity contribution is 5.58. The van der Waals surface area contributed by atoms with Crippen molar-refractivity contribution in [3.63, 3.8) is 0 Å². The van der Waals surface area contributed by atoms with Crippen LogP contribution in [0.2, 0.25) is 0 Å². The predicted molar refractivity (Wildman–Crippen MR) is 81.4 cm³/mol. The molecule has 1 atom stereocenters. The minimum absolute atomic E-state index is 0.279. The zero-order valence-corrected chi connectivity index (χ0v) is 13.0. The van der Waals surface area contributed by atoms with Gasteiger partial charge in [-0.25, -0.2) is 15.8 Å². The molecule has 1 unspecified atom stereocenters. The van der Waals surface area contributed by atoms with Gasteiger partial charge in [0.25, 0.3) is 0 Å². The Hall–Kier alpha value is -1.36. The lowest BCUT2D eigenvalue weighted by molar-refractivity contribution is 0.606. The first-order chi connectivity index (χ1) is 8.92. The maximum absolute atomic E-state index is 5.56.